The van der Waals surface area contributed by atoms with Crippen LogP contribution in [0.5, 0.6) is 11.5 Å². The molecule has 1 rings (SSSR count). The predicted octanol–water partition coefficient (Wildman–Crippen LogP) is 1.42. The van der Waals surface area contributed by atoms with E-state index in [0.29, 0.717) is 0 Å². The number of esters is 1. The Balaban J connectivity index is 3.68. The maximum Gasteiger partial charge on any atom is 0.345 e. The van der Waals surface area contributed by atoms with Gasteiger partial charge < -0.3 is 14.2 Å². The lowest BCUT2D eigenvalue weighted by Crippen LogP contribution is -2.09. The molecule has 0 unspecified atom stereocenters. The third-order valence-electron chi connectivity index (χ3n) is 2.16. The standard InChI is InChI=1S/C10H11ClO6S/c1-15-6-4-5-7(18(11,13)14)9(16-2)8(6)10(12)17-3/h4-5H,1-3H3. The van der Waals surface area contributed by atoms with E-state index in [1.54, 1.807) is 0 Å². The molecule has 18 heavy (non-hydrogen) atoms. The van der Waals surface area contributed by atoms with Crippen LogP contribution in [0.2, 0.25) is 0 Å². The van der Waals surface area contributed by atoms with Gasteiger partial charge in [-0.1, -0.05) is 0 Å². The Hall–Kier alpha value is -1.47. The maximum absolute atomic E-state index is 11.6. The third-order valence-corrected chi connectivity index (χ3v) is 3.51. The smallest absolute Gasteiger partial charge is 0.345 e. The molecule has 1 aromatic rings. The number of halogens is 1. The molecule has 0 heterocycles. The molecule has 6 nitrogen and oxygen atoms in total. The van der Waals surface area contributed by atoms with Crippen molar-refractivity contribution in [1.82, 2.24) is 0 Å². The van der Waals surface area contributed by atoms with Crippen LogP contribution in [-0.2, 0) is 13.8 Å². The summed E-state index contributed by atoms with van der Waals surface area (Å²) in [6.45, 7) is 0. The van der Waals surface area contributed by atoms with Crippen LogP contribution < -0.4 is 9.47 Å². The third kappa shape index (κ3) is 2.68. The molecule has 0 amide bonds. The quantitative estimate of drug-likeness (QED) is 0.617. The van der Waals surface area contributed by atoms with Crippen molar-refractivity contribution in [3.8, 4) is 11.5 Å². The van der Waals surface area contributed by atoms with Crippen molar-refractivity contribution in [2.75, 3.05) is 21.3 Å². The van der Waals surface area contributed by atoms with Crippen LogP contribution in [0.1, 0.15) is 10.4 Å². The molecule has 0 aliphatic heterocycles. The second-order valence-electron chi connectivity index (χ2n) is 3.10. The van der Waals surface area contributed by atoms with Gasteiger partial charge in [-0.3, -0.25) is 0 Å². The number of benzene rings is 1. The zero-order valence-electron chi connectivity index (χ0n) is 9.89. The SMILES string of the molecule is COC(=O)c1c(OC)ccc(S(=O)(=O)Cl)c1OC. The number of hydrogen-bond donors (Lipinski definition) is 0. The molecule has 0 atom stereocenters. The van der Waals surface area contributed by atoms with Crippen LogP contribution in [0.4, 0.5) is 0 Å². The van der Waals surface area contributed by atoms with Gasteiger partial charge in [0, 0.05) is 10.7 Å². The lowest BCUT2D eigenvalue weighted by Gasteiger charge is -2.13. The summed E-state index contributed by atoms with van der Waals surface area (Å²) in [4.78, 5) is 11.3. The number of methoxy groups -OCH3 is 3. The lowest BCUT2D eigenvalue weighted by molar-refractivity contribution is 0.0592. The van der Waals surface area contributed by atoms with Gasteiger partial charge in [-0.25, -0.2) is 13.2 Å². The monoisotopic (exact) mass is 294 g/mol. The first kappa shape index (κ1) is 14.6. The molecule has 0 saturated carbocycles. The van der Waals surface area contributed by atoms with Gasteiger partial charge in [-0.2, -0.15) is 0 Å². The van der Waals surface area contributed by atoms with Crippen molar-refractivity contribution in [3.63, 3.8) is 0 Å². The van der Waals surface area contributed by atoms with Crippen LogP contribution in [0.3, 0.4) is 0 Å². The van der Waals surface area contributed by atoms with Gasteiger partial charge in [0.25, 0.3) is 9.05 Å². The van der Waals surface area contributed by atoms with E-state index in [0.717, 1.165) is 7.11 Å². The molecule has 0 N–H and O–H groups in total. The molecule has 0 saturated heterocycles. The molecular formula is C10H11ClO6S. The number of ether oxygens (including phenoxy) is 3. The summed E-state index contributed by atoms with van der Waals surface area (Å²) in [6, 6.07) is 2.48. The topological polar surface area (TPSA) is 78.9 Å². The molecule has 0 aliphatic rings. The average Bonchev–Trinajstić information content (AvgIpc) is 2.34. The van der Waals surface area contributed by atoms with Crippen LogP contribution in [0, 0.1) is 0 Å². The predicted molar refractivity (Wildman–Crippen MR) is 63.9 cm³/mol. The average molecular weight is 295 g/mol. The van der Waals surface area contributed by atoms with Gasteiger partial charge in [0.05, 0.1) is 21.3 Å². The van der Waals surface area contributed by atoms with Crippen molar-refractivity contribution in [2.45, 2.75) is 4.90 Å². The molecule has 0 aromatic heterocycles. The van der Waals surface area contributed by atoms with E-state index in [1.165, 1.54) is 26.4 Å². The van der Waals surface area contributed by atoms with Crippen molar-refractivity contribution < 1.29 is 27.4 Å². The fraction of sp³-hybridized carbons (Fsp3) is 0.300. The molecule has 0 radical (unpaired) electrons. The van der Waals surface area contributed by atoms with E-state index in [2.05, 4.69) is 4.74 Å². The molecular weight excluding hydrogens is 284 g/mol. The van der Waals surface area contributed by atoms with Crippen molar-refractivity contribution in [2.24, 2.45) is 0 Å². The first-order valence-electron chi connectivity index (χ1n) is 4.64. The lowest BCUT2D eigenvalue weighted by atomic mass is 10.1. The number of carbonyl (C=O) groups excluding carboxylic acids is 1. The van der Waals surface area contributed by atoms with Crippen LogP contribution in [-0.4, -0.2) is 35.7 Å². The summed E-state index contributed by atoms with van der Waals surface area (Å²) in [7, 11) is 4.91. The summed E-state index contributed by atoms with van der Waals surface area (Å²) in [5.74, 6) is -0.871. The van der Waals surface area contributed by atoms with Gasteiger partial charge in [0.1, 0.15) is 16.2 Å². The summed E-state index contributed by atoms with van der Waals surface area (Å²) >= 11 is 0. The molecule has 0 spiro atoms. The largest absolute Gasteiger partial charge is 0.496 e. The Bertz CT molecular complexity index is 566. The zero-order chi connectivity index (χ0) is 13.9. The summed E-state index contributed by atoms with van der Waals surface area (Å²) in [6.07, 6.45) is 0. The minimum Gasteiger partial charge on any atom is -0.496 e. The van der Waals surface area contributed by atoms with Gasteiger partial charge in [-0.15, -0.1) is 0 Å². The molecule has 8 heteroatoms. The van der Waals surface area contributed by atoms with E-state index in [9.17, 15) is 13.2 Å². The van der Waals surface area contributed by atoms with E-state index in [-0.39, 0.29) is 22.0 Å². The Morgan fingerprint density at radius 1 is 1.17 bits per heavy atom. The molecule has 1 aromatic carbocycles. The van der Waals surface area contributed by atoms with E-state index >= 15 is 0 Å². The van der Waals surface area contributed by atoms with Gasteiger partial charge in [0.15, 0.2) is 5.75 Å². The number of carbonyl (C=O) groups is 1. The van der Waals surface area contributed by atoms with Crippen molar-refractivity contribution in [1.29, 1.82) is 0 Å². The highest BCUT2D eigenvalue weighted by Gasteiger charge is 2.27. The first-order chi connectivity index (χ1) is 8.36. The molecule has 0 fully saturated rings. The summed E-state index contributed by atoms with van der Waals surface area (Å²) < 4.78 is 37.2. The van der Waals surface area contributed by atoms with Crippen LogP contribution >= 0.6 is 10.7 Å². The highest BCUT2D eigenvalue weighted by molar-refractivity contribution is 8.13. The van der Waals surface area contributed by atoms with Crippen LogP contribution in [0.15, 0.2) is 17.0 Å². The van der Waals surface area contributed by atoms with E-state index in [4.69, 9.17) is 20.2 Å². The number of hydrogen-bond acceptors (Lipinski definition) is 6. The Kier molecular flexibility index (Phi) is 4.42. The Morgan fingerprint density at radius 2 is 1.78 bits per heavy atom. The second-order valence-corrected chi connectivity index (χ2v) is 5.64. The first-order valence-corrected chi connectivity index (χ1v) is 6.95. The highest BCUT2D eigenvalue weighted by atomic mass is 35.7. The number of rotatable bonds is 4. The molecule has 100 valence electrons. The van der Waals surface area contributed by atoms with Crippen molar-refractivity contribution >= 4 is 25.7 Å². The minimum absolute atomic E-state index is 0.128. The summed E-state index contributed by atoms with van der Waals surface area (Å²) in [5.41, 5.74) is -0.135. The van der Waals surface area contributed by atoms with E-state index < -0.39 is 15.0 Å². The maximum atomic E-state index is 11.6. The normalized spacial score (nSPS) is 10.9. The minimum atomic E-state index is -4.05. The van der Waals surface area contributed by atoms with Crippen molar-refractivity contribution in [3.05, 3.63) is 17.7 Å². The van der Waals surface area contributed by atoms with Gasteiger partial charge >= 0.3 is 5.97 Å². The second kappa shape index (κ2) is 5.45. The fourth-order valence-electron chi connectivity index (χ4n) is 1.41. The van der Waals surface area contributed by atoms with Crippen LogP contribution in [0.25, 0.3) is 0 Å². The van der Waals surface area contributed by atoms with Gasteiger partial charge in [-0.05, 0) is 12.1 Å². The summed E-state index contributed by atoms with van der Waals surface area (Å²) in [5, 5.41) is 0. The Morgan fingerprint density at radius 3 is 2.17 bits per heavy atom. The molecule has 0 aliphatic carbocycles. The Labute approximate surface area is 109 Å². The highest BCUT2D eigenvalue weighted by Crippen LogP contribution is 2.36. The fourth-order valence-corrected chi connectivity index (χ4v) is 2.41. The van der Waals surface area contributed by atoms with E-state index in [1.807, 2.05) is 0 Å². The zero-order valence-corrected chi connectivity index (χ0v) is 11.5. The van der Waals surface area contributed by atoms with Gasteiger partial charge in [0.2, 0.25) is 0 Å². The molecule has 0 bridgehead atoms.